The second-order valence-corrected chi connectivity index (χ2v) is 35.8. The van der Waals surface area contributed by atoms with Gasteiger partial charge in [-0.05, 0) is 187 Å². The normalized spacial score (nSPS) is 22.3. The summed E-state index contributed by atoms with van der Waals surface area (Å²) in [6.07, 6.45) is 25.5. The van der Waals surface area contributed by atoms with Crippen molar-refractivity contribution in [3.8, 4) is 66.4 Å². The predicted molar refractivity (Wildman–Crippen MR) is 424 cm³/mol. The van der Waals surface area contributed by atoms with Gasteiger partial charge in [0, 0.05) is 65.2 Å². The minimum Gasteiger partial charge on any atom is -0.475 e. The van der Waals surface area contributed by atoms with Crippen LogP contribution in [0.1, 0.15) is 111 Å². The first-order chi connectivity index (χ1) is 53.5. The van der Waals surface area contributed by atoms with Crippen LogP contribution in [-0.4, -0.2) is 164 Å². The average molecular weight is 1590 g/mol. The third-order valence-electron chi connectivity index (χ3n) is 19.4. The molecule has 0 unspecified atom stereocenters. The zero-order chi connectivity index (χ0) is 81.7. The first-order valence-electron chi connectivity index (χ1n) is 36.7. The molecule has 13 rings (SSSR count). The number of rotatable bonds is 24. The highest BCUT2D eigenvalue weighted by Crippen LogP contribution is 2.36. The van der Waals surface area contributed by atoms with E-state index in [0.29, 0.717) is 101 Å². The van der Waals surface area contributed by atoms with Crippen molar-refractivity contribution in [2.75, 3.05) is 88.7 Å². The SMILES string of the molecule is C#CC1CC(COc2nc(Nc3cn(C(C)(C)C#N)nc3C)ncc2F)C1.C#CC1CC(COc2nc(Nc3cn(C(C)(C)C#N)nc3C)ncc2F)C1.C=S1(=O)CC(COc2nc(Nc3cn(C(C)(C)C#N)nc3C)ncc2F)C1.C=S1(=O)CCC(COc2nc(Nc3ccc(N4C[C@@H](C)O[C@@H](C)C4)cc3)ncc2F)CC1. The number of terminal acetylenes is 2. The van der Waals surface area contributed by atoms with Crippen LogP contribution in [0, 0.1) is 138 Å². The van der Waals surface area contributed by atoms with Crippen molar-refractivity contribution in [1.29, 1.82) is 15.8 Å². The van der Waals surface area contributed by atoms with Crippen LogP contribution < -0.4 is 45.1 Å². The molecule has 598 valence electrons. The Morgan fingerprint density at radius 3 is 1.15 bits per heavy atom. The first kappa shape index (κ1) is 84.1. The Balaban J connectivity index is 0.000000160. The first-order valence-corrected chi connectivity index (χ1v) is 40.9. The Morgan fingerprint density at radius 2 is 0.832 bits per heavy atom. The molecule has 0 radical (unpaired) electrons. The molecule has 113 heavy (non-hydrogen) atoms. The molecule has 2 atom stereocenters. The van der Waals surface area contributed by atoms with Crippen LogP contribution in [0.15, 0.2) is 67.6 Å². The molecule has 7 aromatic heterocycles. The molecule has 0 bridgehead atoms. The topological polar surface area (TPSA) is 360 Å². The number of nitriles is 3. The highest BCUT2D eigenvalue weighted by Gasteiger charge is 2.33. The third-order valence-corrected chi connectivity index (χ3v) is 23.5. The monoisotopic (exact) mass is 1590 g/mol. The van der Waals surface area contributed by atoms with Crippen molar-refractivity contribution in [2.45, 2.75) is 144 Å². The second kappa shape index (κ2) is 36.0. The third kappa shape index (κ3) is 22.7. The van der Waals surface area contributed by atoms with Gasteiger partial charge in [0.05, 0.1) is 134 Å². The molecule has 3 saturated heterocycles. The molecule has 4 N–H and O–H groups in total. The van der Waals surface area contributed by atoms with Gasteiger partial charge in [-0.25, -0.2) is 19.9 Å². The molecule has 3 aliphatic heterocycles. The van der Waals surface area contributed by atoms with Crippen LogP contribution >= 0.6 is 0 Å². The molecule has 1 aromatic carbocycles. The number of hydrogen-bond donors (Lipinski definition) is 4. The largest absolute Gasteiger partial charge is 0.475 e. The summed E-state index contributed by atoms with van der Waals surface area (Å²) in [4.78, 5) is 34.6. The number of aryl methyl sites for hydroxylation is 3. The van der Waals surface area contributed by atoms with E-state index in [1.165, 1.54) is 0 Å². The smallest absolute Gasteiger partial charge is 0.255 e. The van der Waals surface area contributed by atoms with Crippen LogP contribution in [-0.2, 0) is 40.4 Å². The lowest BCUT2D eigenvalue weighted by Gasteiger charge is -2.36. The van der Waals surface area contributed by atoms with E-state index in [0.717, 1.165) is 87.8 Å². The van der Waals surface area contributed by atoms with Crippen molar-refractivity contribution in [3.05, 3.63) is 108 Å². The lowest BCUT2D eigenvalue weighted by Crippen LogP contribution is -2.45. The number of halogens is 4. The Labute approximate surface area is 656 Å². The maximum absolute atomic E-state index is 14.2. The van der Waals surface area contributed by atoms with E-state index in [-0.39, 0.29) is 78.0 Å². The fourth-order valence-electron chi connectivity index (χ4n) is 12.3. The number of hydrogen-bond acceptors (Lipinski definition) is 26. The summed E-state index contributed by atoms with van der Waals surface area (Å²) >= 11 is 0. The number of aromatic nitrogens is 14. The number of nitrogens with one attached hydrogen (secondary N) is 4. The quantitative estimate of drug-likeness (QED) is 0.0248. The molecule has 8 aromatic rings. The van der Waals surface area contributed by atoms with Crippen molar-refractivity contribution in [2.24, 2.45) is 35.5 Å². The van der Waals surface area contributed by atoms with Gasteiger partial charge in [0.25, 0.3) is 23.5 Å². The predicted octanol–water partition coefficient (Wildman–Crippen LogP) is 11.6. The lowest BCUT2D eigenvalue weighted by molar-refractivity contribution is -0.00522. The van der Waals surface area contributed by atoms with E-state index < -0.39 is 58.9 Å². The molecule has 0 amide bonds. The number of benzene rings is 1. The minimum atomic E-state index is -1.96. The van der Waals surface area contributed by atoms with Gasteiger partial charge in [0.2, 0.25) is 47.1 Å². The summed E-state index contributed by atoms with van der Waals surface area (Å²) in [5, 5.41) is 52.8. The fourth-order valence-corrected chi connectivity index (χ4v) is 15.9. The van der Waals surface area contributed by atoms with E-state index in [2.05, 4.69) is 137 Å². The highest BCUT2D eigenvalue weighted by molar-refractivity contribution is 8.01. The number of ether oxygens (including phenoxy) is 5. The van der Waals surface area contributed by atoms with Crippen molar-refractivity contribution >= 4 is 83.0 Å². The van der Waals surface area contributed by atoms with Crippen LogP contribution in [0.5, 0.6) is 23.5 Å². The van der Waals surface area contributed by atoms with Gasteiger partial charge in [0.1, 0.15) is 16.6 Å². The molecule has 35 heteroatoms. The summed E-state index contributed by atoms with van der Waals surface area (Å²) in [7, 11) is -3.90. The van der Waals surface area contributed by atoms with Crippen molar-refractivity contribution in [1.82, 2.24) is 69.2 Å². The van der Waals surface area contributed by atoms with E-state index in [1.807, 2.05) is 24.3 Å². The number of nitrogens with zero attached hydrogens (tertiary/aromatic N) is 18. The molecule has 0 spiro atoms. The zero-order valence-electron chi connectivity index (χ0n) is 65.1. The van der Waals surface area contributed by atoms with Crippen LogP contribution in [0.3, 0.4) is 0 Å². The average Bonchev–Trinajstić information content (AvgIpc) is 1.78. The maximum Gasteiger partial charge on any atom is 0.255 e. The summed E-state index contributed by atoms with van der Waals surface area (Å²) in [5.41, 5.74) is 3.39. The van der Waals surface area contributed by atoms with Crippen molar-refractivity contribution in [3.63, 3.8) is 0 Å². The Kier molecular flexibility index (Phi) is 26.8. The number of anilines is 9. The Bertz CT molecular complexity index is 4960. The van der Waals surface area contributed by atoms with E-state index in [9.17, 15) is 41.8 Å². The minimum absolute atomic E-state index is 0.0728. The lowest BCUT2D eigenvalue weighted by atomic mass is 9.76. The van der Waals surface area contributed by atoms with E-state index >= 15 is 0 Å². The molecule has 29 nitrogen and oxygen atoms in total. The van der Waals surface area contributed by atoms with Crippen LogP contribution in [0.2, 0.25) is 0 Å². The summed E-state index contributed by atoms with van der Waals surface area (Å²) in [6.45, 7) is 23.1. The van der Waals surface area contributed by atoms with Gasteiger partial charge in [-0.15, -0.1) is 24.7 Å². The van der Waals surface area contributed by atoms with Crippen LogP contribution in [0.4, 0.5) is 69.8 Å². The Morgan fingerprint density at radius 1 is 0.513 bits per heavy atom. The zero-order valence-corrected chi connectivity index (χ0v) is 66.7. The summed E-state index contributed by atoms with van der Waals surface area (Å²) < 4.78 is 112. The van der Waals surface area contributed by atoms with Gasteiger partial charge in [-0.1, -0.05) is 0 Å². The molecule has 2 saturated carbocycles. The standard InChI is InChI=1S/C23H31FN4O3S.2C19H21FN6O.C17H21FN6O2S/c1-16-13-28(14-17(2)31-16)20-6-4-19(5-7-20)26-23-25-12-21(24)22(27-23)30-15-18-8-10-32(3,29)11-9-18;2*1-5-13-6-14(7-13)10-27-17-15(20)8-22-18(24-17)23-16-9-26(25-12(16)2)19(3,4)11-21;1-11-14(6-24(23-11)17(2,3)10-19)21-16-20-5-13(18)15(22-16)26-7-12-8-27(4,25)9-12/h4-7,12,16-18H,3,8-11,13-15H2,1-2H3,(H,25,26,27);2*1,8-9,13-14H,6-7,10H2,2-4H3,(H,22,23,24);5-6,12H,4,7-9H2,1-3H3,(H,20,21,22)/t16-,17+,18?,32?;;;. The molecule has 5 fully saturated rings. The van der Waals surface area contributed by atoms with Crippen molar-refractivity contribution < 1.29 is 49.7 Å². The van der Waals surface area contributed by atoms with E-state index in [4.69, 9.17) is 36.5 Å². The molecule has 2 aliphatic carbocycles. The molecular weight excluding hydrogens is 1500 g/mol. The van der Waals surface area contributed by atoms with E-state index in [1.54, 1.807) is 94.9 Å². The molecule has 5 aliphatic rings. The van der Waals surface area contributed by atoms with Gasteiger partial charge in [0.15, 0.2) is 0 Å². The van der Waals surface area contributed by atoms with Crippen LogP contribution in [0.25, 0.3) is 0 Å². The van der Waals surface area contributed by atoms with Gasteiger partial charge < -0.3 is 49.9 Å². The molecule has 10 heterocycles. The van der Waals surface area contributed by atoms with Gasteiger partial charge in [-0.3, -0.25) is 22.5 Å². The molecular formula is C78H94F4N22O7S2. The Hall–Kier alpha value is -11.3. The summed E-state index contributed by atoms with van der Waals surface area (Å²) in [6, 6.07) is 14.5. The fraction of sp³-hybridized carbons (Fsp3) is 0.487. The highest BCUT2D eigenvalue weighted by atomic mass is 32.2. The summed E-state index contributed by atoms with van der Waals surface area (Å²) in [5.74, 6) is 14.4. The van der Waals surface area contributed by atoms with Gasteiger partial charge in [-0.2, -0.15) is 68.6 Å². The maximum atomic E-state index is 14.2. The second-order valence-electron chi connectivity index (χ2n) is 30.5. The van der Waals surface area contributed by atoms with Gasteiger partial charge >= 0.3 is 0 Å². The number of morpholine rings is 1.